The highest BCUT2D eigenvalue weighted by atomic mass is 19.1. The fourth-order valence-corrected chi connectivity index (χ4v) is 5.80. The second-order valence-electron chi connectivity index (χ2n) is 11.3. The molecule has 1 aromatic heterocycles. The molecule has 232 valence electrons. The van der Waals surface area contributed by atoms with E-state index < -0.39 is 34.6 Å². The van der Waals surface area contributed by atoms with Crippen LogP contribution in [0.25, 0.3) is 16.5 Å². The highest BCUT2D eigenvalue weighted by Gasteiger charge is 2.26. The third-order valence-electron chi connectivity index (χ3n) is 8.19. The summed E-state index contributed by atoms with van der Waals surface area (Å²) in [4.78, 5) is 43.3. The molecule has 0 atom stereocenters. The average molecular weight is 620 g/mol. The van der Waals surface area contributed by atoms with Gasteiger partial charge in [0.15, 0.2) is 0 Å². The lowest BCUT2D eigenvalue weighted by Gasteiger charge is -2.36. The van der Waals surface area contributed by atoms with E-state index in [0.29, 0.717) is 31.7 Å². The molecule has 0 aliphatic carbocycles. The molecule has 7 nitrogen and oxygen atoms in total. The van der Waals surface area contributed by atoms with Crippen molar-refractivity contribution in [1.29, 1.82) is 0 Å². The Morgan fingerprint density at radius 3 is 2.26 bits per heavy atom. The second-order valence-corrected chi connectivity index (χ2v) is 11.3. The summed E-state index contributed by atoms with van der Waals surface area (Å²) in [5.41, 5.74) is 1.73. The van der Waals surface area contributed by atoms with Gasteiger partial charge in [0, 0.05) is 55.1 Å². The van der Waals surface area contributed by atoms with Crippen LogP contribution in [-0.4, -0.2) is 52.4 Å². The molecule has 1 aliphatic rings. The number of anilines is 1. The van der Waals surface area contributed by atoms with E-state index in [1.165, 1.54) is 39.9 Å². The third kappa shape index (κ3) is 6.58. The number of fused-ring (bicyclic) bond motifs is 1. The van der Waals surface area contributed by atoms with E-state index in [0.717, 1.165) is 28.1 Å². The number of halogens is 2. The predicted molar refractivity (Wildman–Crippen MR) is 174 cm³/mol. The van der Waals surface area contributed by atoms with Crippen LogP contribution in [-0.2, 0) is 22.6 Å². The molecule has 2 heterocycles. The number of piperazine rings is 1. The van der Waals surface area contributed by atoms with Crippen molar-refractivity contribution in [1.82, 2.24) is 9.47 Å². The van der Waals surface area contributed by atoms with E-state index in [1.807, 2.05) is 36.4 Å². The van der Waals surface area contributed by atoms with Crippen molar-refractivity contribution in [3.05, 3.63) is 154 Å². The standard InChI is InChI=1S/C37H31F2N3O4/c38-29-14-12-25(13-15-29)20-26-21-31(36(45)42(23-26)24-28-7-2-4-10-32(28)39)34(43)22-35(44)37(46)41-18-16-40(17-19-41)33-11-5-8-27-6-1-3-9-30(27)33/h1-15,21-23,43H,16-20,24H2. The minimum Gasteiger partial charge on any atom is -0.507 e. The summed E-state index contributed by atoms with van der Waals surface area (Å²) in [6.07, 6.45) is 2.58. The van der Waals surface area contributed by atoms with E-state index in [2.05, 4.69) is 11.0 Å². The van der Waals surface area contributed by atoms with E-state index in [9.17, 15) is 28.3 Å². The number of aromatic nitrogens is 1. The Morgan fingerprint density at radius 2 is 1.50 bits per heavy atom. The molecule has 1 aliphatic heterocycles. The fraction of sp³-hybridized carbons (Fsp3) is 0.162. The topological polar surface area (TPSA) is 82.8 Å². The molecular formula is C37H31F2N3O4. The molecule has 1 saturated heterocycles. The van der Waals surface area contributed by atoms with Gasteiger partial charge >= 0.3 is 0 Å². The lowest BCUT2D eigenvalue weighted by molar-refractivity contribution is -0.142. The van der Waals surface area contributed by atoms with Gasteiger partial charge in [-0.2, -0.15) is 0 Å². The number of carbonyl (C=O) groups is 2. The average Bonchev–Trinajstić information content (AvgIpc) is 3.07. The molecule has 1 fully saturated rings. The summed E-state index contributed by atoms with van der Waals surface area (Å²) in [6, 6.07) is 27.4. The van der Waals surface area contributed by atoms with Crippen LogP contribution in [0.2, 0.25) is 0 Å². The molecule has 0 unspecified atom stereocenters. The fourth-order valence-electron chi connectivity index (χ4n) is 5.80. The number of rotatable bonds is 8. The number of benzene rings is 4. The number of hydrogen-bond acceptors (Lipinski definition) is 5. The van der Waals surface area contributed by atoms with Gasteiger partial charge in [-0.15, -0.1) is 0 Å². The maximum Gasteiger partial charge on any atom is 0.294 e. The molecule has 46 heavy (non-hydrogen) atoms. The summed E-state index contributed by atoms with van der Waals surface area (Å²) in [7, 11) is 0. The number of carbonyl (C=O) groups excluding carboxylic acids is 2. The molecular weight excluding hydrogens is 588 g/mol. The number of nitrogens with zero attached hydrogens (tertiary/aromatic N) is 3. The van der Waals surface area contributed by atoms with Gasteiger partial charge in [0.1, 0.15) is 17.4 Å². The molecule has 0 saturated carbocycles. The van der Waals surface area contributed by atoms with Crippen LogP contribution in [0.15, 0.2) is 114 Å². The van der Waals surface area contributed by atoms with Crippen molar-refractivity contribution < 1.29 is 23.5 Å². The zero-order valence-corrected chi connectivity index (χ0v) is 24.9. The van der Waals surface area contributed by atoms with Crippen molar-refractivity contribution in [2.45, 2.75) is 13.0 Å². The molecule has 0 spiro atoms. The van der Waals surface area contributed by atoms with Crippen LogP contribution in [0.1, 0.15) is 22.3 Å². The summed E-state index contributed by atoms with van der Waals surface area (Å²) in [5, 5.41) is 13.2. The molecule has 1 N–H and O–H groups in total. The van der Waals surface area contributed by atoms with E-state index in [4.69, 9.17) is 0 Å². The van der Waals surface area contributed by atoms with Crippen molar-refractivity contribution in [2.24, 2.45) is 0 Å². The Kier molecular flexibility index (Phi) is 8.74. The summed E-state index contributed by atoms with van der Waals surface area (Å²) < 4.78 is 29.2. The highest BCUT2D eigenvalue weighted by molar-refractivity contribution is 6.41. The van der Waals surface area contributed by atoms with Gasteiger partial charge in [0.2, 0.25) is 5.78 Å². The predicted octanol–water partition coefficient (Wildman–Crippen LogP) is 5.74. The Labute approximate surface area is 264 Å². The van der Waals surface area contributed by atoms with Crippen LogP contribution >= 0.6 is 0 Å². The zero-order valence-electron chi connectivity index (χ0n) is 24.9. The number of aliphatic hydroxyl groups excluding tert-OH is 1. The first-order valence-electron chi connectivity index (χ1n) is 14.9. The van der Waals surface area contributed by atoms with E-state index in [-0.39, 0.29) is 24.1 Å². The minimum atomic E-state index is -0.958. The molecule has 6 rings (SSSR count). The van der Waals surface area contributed by atoms with Crippen LogP contribution in [0.4, 0.5) is 14.5 Å². The number of hydrogen-bond donors (Lipinski definition) is 1. The first-order chi connectivity index (χ1) is 22.3. The molecule has 1 amide bonds. The highest BCUT2D eigenvalue weighted by Crippen LogP contribution is 2.27. The van der Waals surface area contributed by atoms with Gasteiger partial charge in [-0.1, -0.05) is 66.7 Å². The molecule has 9 heteroatoms. The monoisotopic (exact) mass is 619 g/mol. The van der Waals surface area contributed by atoms with Crippen LogP contribution < -0.4 is 10.5 Å². The van der Waals surface area contributed by atoms with Crippen LogP contribution in [0.3, 0.4) is 0 Å². The smallest absolute Gasteiger partial charge is 0.294 e. The van der Waals surface area contributed by atoms with Gasteiger partial charge in [-0.05, 0) is 53.3 Å². The van der Waals surface area contributed by atoms with Crippen molar-refractivity contribution in [3.8, 4) is 0 Å². The molecule has 0 bridgehead atoms. The van der Waals surface area contributed by atoms with Crippen LogP contribution in [0, 0.1) is 11.6 Å². The van der Waals surface area contributed by atoms with Crippen molar-refractivity contribution in [2.75, 3.05) is 31.1 Å². The Balaban J connectivity index is 1.22. The first kappa shape index (κ1) is 30.5. The van der Waals surface area contributed by atoms with Gasteiger partial charge < -0.3 is 19.5 Å². The van der Waals surface area contributed by atoms with Crippen LogP contribution in [0.5, 0.6) is 0 Å². The molecule has 5 aromatic rings. The van der Waals surface area contributed by atoms with Crippen molar-refractivity contribution >= 4 is 33.9 Å². The normalized spacial score (nSPS) is 13.7. The number of pyridine rings is 1. The number of aliphatic hydroxyl groups is 1. The molecule has 4 aromatic carbocycles. The number of ketones is 1. The lowest BCUT2D eigenvalue weighted by atomic mass is 10.0. The first-order valence-corrected chi connectivity index (χ1v) is 14.9. The Hall–Kier alpha value is -5.57. The summed E-state index contributed by atoms with van der Waals surface area (Å²) >= 11 is 0. The van der Waals surface area contributed by atoms with Gasteiger partial charge in [-0.25, -0.2) is 8.78 Å². The van der Waals surface area contributed by atoms with E-state index >= 15 is 0 Å². The van der Waals surface area contributed by atoms with E-state index in [1.54, 1.807) is 30.3 Å². The summed E-state index contributed by atoms with van der Waals surface area (Å²) in [5.74, 6) is -3.30. The second kappa shape index (κ2) is 13.2. The van der Waals surface area contributed by atoms with Gasteiger partial charge in [0.25, 0.3) is 11.5 Å². The minimum absolute atomic E-state index is 0.128. The maximum absolute atomic E-state index is 14.5. The number of amides is 1. The summed E-state index contributed by atoms with van der Waals surface area (Å²) in [6.45, 7) is 1.54. The van der Waals surface area contributed by atoms with Crippen molar-refractivity contribution in [3.63, 3.8) is 0 Å². The Bertz CT molecular complexity index is 2010. The van der Waals surface area contributed by atoms with Gasteiger partial charge in [-0.3, -0.25) is 14.4 Å². The third-order valence-corrected chi connectivity index (χ3v) is 8.19. The zero-order chi connectivity index (χ0) is 32.2. The van der Waals surface area contributed by atoms with Gasteiger partial charge in [0.05, 0.1) is 12.1 Å². The quantitative estimate of drug-likeness (QED) is 0.136. The lowest BCUT2D eigenvalue weighted by Crippen LogP contribution is -2.50. The maximum atomic E-state index is 14.5. The Morgan fingerprint density at radius 1 is 0.804 bits per heavy atom. The SMILES string of the molecule is O=C(C=C(O)c1cc(Cc2ccc(F)cc2)cn(Cc2ccccc2F)c1=O)C(=O)N1CCN(c2cccc3ccccc23)CC1. The largest absolute Gasteiger partial charge is 0.507 e. The molecule has 0 radical (unpaired) electrons.